The van der Waals surface area contributed by atoms with E-state index in [1.165, 1.54) is 11.1 Å². The molecule has 0 saturated heterocycles. The van der Waals surface area contributed by atoms with Crippen LogP contribution in [0.1, 0.15) is 24.0 Å². The number of rotatable bonds is 1. The van der Waals surface area contributed by atoms with Crippen LogP contribution in [0.15, 0.2) is 22.7 Å². The molecule has 15 heavy (non-hydrogen) atoms. The van der Waals surface area contributed by atoms with Crippen LogP contribution in [0.5, 0.6) is 0 Å². The number of carboxylic acid groups (broad SMARTS) is 1. The highest BCUT2D eigenvalue weighted by Crippen LogP contribution is 2.61. The summed E-state index contributed by atoms with van der Waals surface area (Å²) in [5.74, 6) is -0.773. The van der Waals surface area contributed by atoms with Gasteiger partial charge in [-0.1, -0.05) is 22.0 Å². The van der Waals surface area contributed by atoms with Crippen LogP contribution in [0, 0.1) is 5.92 Å². The summed E-state index contributed by atoms with van der Waals surface area (Å²) in [4.78, 5) is 11.0. The number of benzene rings is 1. The Kier molecular flexibility index (Phi) is 1.78. The van der Waals surface area contributed by atoms with Gasteiger partial charge in [-0.3, -0.25) is 4.79 Å². The van der Waals surface area contributed by atoms with Crippen LogP contribution in [-0.2, 0) is 16.6 Å². The highest BCUT2D eigenvalue weighted by molar-refractivity contribution is 9.10. The van der Waals surface area contributed by atoms with Crippen LogP contribution in [0.2, 0.25) is 0 Å². The molecule has 1 aromatic carbocycles. The van der Waals surface area contributed by atoms with Crippen molar-refractivity contribution < 1.29 is 9.90 Å². The van der Waals surface area contributed by atoms with Gasteiger partial charge in [0.05, 0.1) is 5.92 Å². The Hall–Kier alpha value is -0.830. The van der Waals surface area contributed by atoms with Crippen molar-refractivity contribution in [3.8, 4) is 0 Å². The number of carboxylic acids is 1. The second-order valence-corrected chi connectivity index (χ2v) is 5.47. The minimum atomic E-state index is -0.634. The molecule has 1 fully saturated rings. The molecule has 3 rings (SSSR count). The van der Waals surface area contributed by atoms with Crippen LogP contribution in [0.25, 0.3) is 0 Å². The minimum Gasteiger partial charge on any atom is -0.481 e. The molecule has 2 aliphatic carbocycles. The third-order valence-corrected chi connectivity index (χ3v) is 4.31. The fourth-order valence-electron chi connectivity index (χ4n) is 2.95. The lowest BCUT2D eigenvalue weighted by Gasteiger charge is -2.09. The molecule has 1 spiro atoms. The number of halogens is 1. The summed E-state index contributed by atoms with van der Waals surface area (Å²) >= 11 is 3.45. The SMILES string of the molecule is O=C(O)[C@@H]1C[C@]12CCc1cc(Br)ccc12. The van der Waals surface area contributed by atoms with E-state index in [0.717, 1.165) is 23.7 Å². The molecule has 78 valence electrons. The number of hydrogen-bond acceptors (Lipinski definition) is 1. The zero-order valence-electron chi connectivity index (χ0n) is 8.16. The van der Waals surface area contributed by atoms with Crippen LogP contribution >= 0.6 is 15.9 Å². The monoisotopic (exact) mass is 266 g/mol. The first-order valence-corrected chi connectivity index (χ1v) is 5.94. The summed E-state index contributed by atoms with van der Waals surface area (Å²) in [6, 6.07) is 6.24. The highest BCUT2D eigenvalue weighted by atomic mass is 79.9. The predicted molar refractivity (Wildman–Crippen MR) is 59.9 cm³/mol. The maximum absolute atomic E-state index is 11.0. The Morgan fingerprint density at radius 1 is 1.53 bits per heavy atom. The third-order valence-electron chi connectivity index (χ3n) is 3.82. The quantitative estimate of drug-likeness (QED) is 0.849. The molecule has 2 atom stereocenters. The zero-order valence-corrected chi connectivity index (χ0v) is 9.75. The Balaban J connectivity index is 2.04. The average molecular weight is 267 g/mol. The molecule has 3 heteroatoms. The Morgan fingerprint density at radius 3 is 3.00 bits per heavy atom. The second kappa shape index (κ2) is 2.85. The summed E-state index contributed by atoms with van der Waals surface area (Å²) < 4.78 is 1.09. The van der Waals surface area contributed by atoms with Crippen molar-refractivity contribution >= 4 is 21.9 Å². The molecule has 0 bridgehead atoms. The molecule has 2 nitrogen and oxygen atoms in total. The number of hydrogen-bond donors (Lipinski definition) is 1. The number of fused-ring (bicyclic) bond motifs is 2. The van der Waals surface area contributed by atoms with E-state index in [2.05, 4.69) is 28.1 Å². The summed E-state index contributed by atoms with van der Waals surface area (Å²) in [5.41, 5.74) is 2.59. The molecule has 2 aliphatic rings. The maximum Gasteiger partial charge on any atom is 0.307 e. The normalized spacial score (nSPS) is 31.7. The van der Waals surface area contributed by atoms with E-state index in [1.807, 2.05) is 6.07 Å². The first-order chi connectivity index (χ1) is 7.13. The van der Waals surface area contributed by atoms with Gasteiger partial charge in [0.15, 0.2) is 0 Å². The van der Waals surface area contributed by atoms with Gasteiger partial charge in [0, 0.05) is 9.89 Å². The van der Waals surface area contributed by atoms with Crippen molar-refractivity contribution in [2.75, 3.05) is 0 Å². The molecule has 0 aliphatic heterocycles. The van der Waals surface area contributed by atoms with Gasteiger partial charge >= 0.3 is 5.97 Å². The van der Waals surface area contributed by atoms with E-state index in [9.17, 15) is 4.79 Å². The fraction of sp³-hybridized carbons (Fsp3) is 0.417. The first kappa shape index (κ1) is 9.40. The maximum atomic E-state index is 11.0. The molecule has 0 radical (unpaired) electrons. The zero-order chi connectivity index (χ0) is 10.6. The summed E-state index contributed by atoms with van der Waals surface area (Å²) in [5, 5.41) is 9.05. The van der Waals surface area contributed by atoms with Crippen molar-refractivity contribution in [1.82, 2.24) is 0 Å². The molecular weight excluding hydrogens is 256 g/mol. The van der Waals surface area contributed by atoms with Crippen molar-refractivity contribution in [2.24, 2.45) is 5.92 Å². The molecule has 1 aromatic rings. The van der Waals surface area contributed by atoms with Crippen molar-refractivity contribution in [2.45, 2.75) is 24.7 Å². The summed E-state index contributed by atoms with van der Waals surface area (Å²) in [7, 11) is 0. The van der Waals surface area contributed by atoms with Gasteiger partial charge < -0.3 is 5.11 Å². The molecule has 0 heterocycles. The van der Waals surface area contributed by atoms with Gasteiger partial charge in [-0.15, -0.1) is 0 Å². The van der Waals surface area contributed by atoms with Crippen molar-refractivity contribution in [3.05, 3.63) is 33.8 Å². The topological polar surface area (TPSA) is 37.3 Å². The van der Waals surface area contributed by atoms with Gasteiger partial charge in [-0.2, -0.15) is 0 Å². The minimum absolute atomic E-state index is 0.0120. The Morgan fingerprint density at radius 2 is 2.33 bits per heavy atom. The van der Waals surface area contributed by atoms with E-state index in [1.54, 1.807) is 0 Å². The molecule has 0 aromatic heterocycles. The summed E-state index contributed by atoms with van der Waals surface area (Å²) in [6.07, 6.45) is 2.87. The standard InChI is InChI=1S/C12H11BrO2/c13-8-1-2-9-7(5-8)3-4-12(9)6-10(12)11(14)15/h1-2,5,10H,3-4,6H2,(H,14,15)/t10-,12-/m0/s1. The van der Waals surface area contributed by atoms with Gasteiger partial charge in [0.2, 0.25) is 0 Å². The molecule has 1 saturated carbocycles. The number of aryl methyl sites for hydroxylation is 1. The predicted octanol–water partition coefficient (Wildman–Crippen LogP) is 2.74. The van der Waals surface area contributed by atoms with Crippen molar-refractivity contribution in [3.63, 3.8) is 0 Å². The van der Waals surface area contributed by atoms with Crippen LogP contribution in [-0.4, -0.2) is 11.1 Å². The van der Waals surface area contributed by atoms with Crippen molar-refractivity contribution in [1.29, 1.82) is 0 Å². The first-order valence-electron chi connectivity index (χ1n) is 5.15. The van der Waals surface area contributed by atoms with Crippen LogP contribution < -0.4 is 0 Å². The number of carbonyl (C=O) groups is 1. The van der Waals surface area contributed by atoms with Gasteiger partial charge in [0.1, 0.15) is 0 Å². The largest absolute Gasteiger partial charge is 0.481 e. The van der Waals surface area contributed by atoms with E-state index >= 15 is 0 Å². The van der Waals surface area contributed by atoms with E-state index in [0.29, 0.717) is 0 Å². The second-order valence-electron chi connectivity index (χ2n) is 4.55. The lowest BCUT2D eigenvalue weighted by molar-refractivity contribution is -0.139. The molecule has 1 N–H and O–H groups in total. The fourth-order valence-corrected chi connectivity index (χ4v) is 3.36. The Labute approximate surface area is 96.4 Å². The van der Waals surface area contributed by atoms with E-state index in [-0.39, 0.29) is 11.3 Å². The van der Waals surface area contributed by atoms with E-state index in [4.69, 9.17) is 5.11 Å². The molecular formula is C12H11BrO2. The smallest absolute Gasteiger partial charge is 0.307 e. The molecule has 0 unspecified atom stereocenters. The number of aliphatic carboxylic acids is 1. The highest BCUT2D eigenvalue weighted by Gasteiger charge is 2.61. The lowest BCUT2D eigenvalue weighted by atomic mass is 9.95. The lowest BCUT2D eigenvalue weighted by Crippen LogP contribution is -2.11. The third kappa shape index (κ3) is 1.19. The van der Waals surface area contributed by atoms with Gasteiger partial charge in [-0.25, -0.2) is 0 Å². The average Bonchev–Trinajstić information content (AvgIpc) is 2.80. The van der Waals surface area contributed by atoms with Gasteiger partial charge in [0.25, 0.3) is 0 Å². The van der Waals surface area contributed by atoms with E-state index < -0.39 is 5.97 Å². The molecule has 0 amide bonds. The Bertz CT molecular complexity index is 455. The van der Waals surface area contributed by atoms with Crippen LogP contribution in [0.4, 0.5) is 0 Å². The van der Waals surface area contributed by atoms with Crippen LogP contribution in [0.3, 0.4) is 0 Å². The van der Waals surface area contributed by atoms with Gasteiger partial charge in [-0.05, 0) is 42.5 Å². The summed E-state index contributed by atoms with van der Waals surface area (Å²) in [6.45, 7) is 0.